The molecule has 0 spiro atoms. The molecule has 0 radical (unpaired) electrons. The molecular weight excluding hydrogens is 330 g/mol. The van der Waals surface area contributed by atoms with Crippen molar-refractivity contribution in [2.45, 2.75) is 0 Å². The molecule has 128 valence electrons. The van der Waals surface area contributed by atoms with Crippen molar-refractivity contribution in [2.75, 3.05) is 7.11 Å². The normalized spacial score (nSPS) is 10.7. The summed E-state index contributed by atoms with van der Waals surface area (Å²) >= 11 is 0. The lowest BCUT2D eigenvalue weighted by molar-refractivity contribution is 0.0731. The van der Waals surface area contributed by atoms with Crippen LogP contribution in [-0.4, -0.2) is 18.1 Å². The molecule has 0 aliphatic carbocycles. The molecule has 3 aromatic carbocycles. The van der Waals surface area contributed by atoms with E-state index in [0.717, 1.165) is 5.56 Å². The van der Waals surface area contributed by atoms with E-state index in [1.54, 1.807) is 42.5 Å². The number of carbonyl (C=O) groups is 1. The monoisotopic (exact) mass is 345 g/mol. The Labute approximate surface area is 149 Å². The Morgan fingerprint density at radius 1 is 0.962 bits per heavy atom. The number of oxazole rings is 1. The lowest BCUT2D eigenvalue weighted by Crippen LogP contribution is -2.09. The highest BCUT2D eigenvalue weighted by Gasteiger charge is 2.15. The molecule has 0 saturated carbocycles. The Bertz CT molecular complexity index is 1070. The third kappa shape index (κ3) is 3.02. The van der Waals surface area contributed by atoms with Gasteiger partial charge in [-0.05, 0) is 36.4 Å². The number of hydrogen-bond acceptors (Lipinski definition) is 5. The fourth-order valence-corrected chi connectivity index (χ4v) is 2.65. The highest BCUT2D eigenvalue weighted by atomic mass is 16.5. The fraction of sp³-hybridized carbons (Fsp3) is 0.0476. The van der Waals surface area contributed by atoms with Crippen LogP contribution in [0.1, 0.15) is 10.4 Å². The second-order valence-electron chi connectivity index (χ2n) is 5.60. The zero-order valence-corrected chi connectivity index (χ0v) is 14.0. The van der Waals surface area contributed by atoms with Crippen LogP contribution in [0.25, 0.3) is 22.6 Å². The standard InChI is InChI=1S/C21H15NO4/c1-24-18-10-6-5-9-16(18)21(23)25-15-11-12-17-19(13-15)26-20(22-17)14-7-3-2-4-8-14/h2-13H,1H3. The van der Waals surface area contributed by atoms with Crippen LogP contribution >= 0.6 is 0 Å². The van der Waals surface area contributed by atoms with Crippen molar-refractivity contribution in [3.63, 3.8) is 0 Å². The second kappa shape index (κ2) is 6.72. The van der Waals surface area contributed by atoms with Crippen molar-refractivity contribution in [3.8, 4) is 23.0 Å². The van der Waals surface area contributed by atoms with Crippen LogP contribution in [0.4, 0.5) is 0 Å². The first-order valence-electron chi connectivity index (χ1n) is 8.06. The van der Waals surface area contributed by atoms with Crippen molar-refractivity contribution in [1.29, 1.82) is 0 Å². The largest absolute Gasteiger partial charge is 0.496 e. The summed E-state index contributed by atoms with van der Waals surface area (Å²) in [5.74, 6) is 0.868. The molecule has 0 amide bonds. The number of carbonyl (C=O) groups excluding carboxylic acids is 1. The van der Waals surface area contributed by atoms with Gasteiger partial charge in [-0.15, -0.1) is 0 Å². The molecule has 0 saturated heterocycles. The van der Waals surface area contributed by atoms with Crippen LogP contribution < -0.4 is 9.47 Å². The predicted octanol–water partition coefficient (Wildman–Crippen LogP) is 4.72. The van der Waals surface area contributed by atoms with Gasteiger partial charge in [0, 0.05) is 11.6 Å². The van der Waals surface area contributed by atoms with Crippen LogP contribution in [0, 0.1) is 0 Å². The maximum atomic E-state index is 12.4. The van der Waals surface area contributed by atoms with E-state index < -0.39 is 5.97 Å². The quantitative estimate of drug-likeness (QED) is 0.395. The van der Waals surface area contributed by atoms with E-state index in [4.69, 9.17) is 13.9 Å². The molecule has 4 rings (SSSR count). The molecule has 0 fully saturated rings. The van der Waals surface area contributed by atoms with Crippen LogP contribution in [0.2, 0.25) is 0 Å². The summed E-state index contributed by atoms with van der Waals surface area (Å²) in [6, 6.07) is 21.6. The molecule has 0 atom stereocenters. The van der Waals surface area contributed by atoms with Crippen molar-refractivity contribution in [3.05, 3.63) is 78.4 Å². The van der Waals surface area contributed by atoms with Crippen LogP contribution in [0.15, 0.2) is 77.2 Å². The van der Waals surface area contributed by atoms with E-state index in [1.807, 2.05) is 30.3 Å². The highest BCUT2D eigenvalue weighted by molar-refractivity contribution is 5.94. The van der Waals surface area contributed by atoms with Gasteiger partial charge in [0.25, 0.3) is 0 Å². The second-order valence-corrected chi connectivity index (χ2v) is 5.60. The third-order valence-electron chi connectivity index (χ3n) is 3.92. The Morgan fingerprint density at radius 3 is 2.54 bits per heavy atom. The number of ether oxygens (including phenoxy) is 2. The van der Waals surface area contributed by atoms with Gasteiger partial charge in [0.15, 0.2) is 5.58 Å². The SMILES string of the molecule is COc1ccccc1C(=O)Oc1ccc2nc(-c3ccccc3)oc2c1. The summed E-state index contributed by atoms with van der Waals surface area (Å²) in [7, 11) is 1.51. The van der Waals surface area contributed by atoms with Crippen LogP contribution in [0.5, 0.6) is 11.5 Å². The average Bonchev–Trinajstić information content (AvgIpc) is 3.12. The third-order valence-corrected chi connectivity index (χ3v) is 3.92. The lowest BCUT2D eigenvalue weighted by Gasteiger charge is -2.07. The highest BCUT2D eigenvalue weighted by Crippen LogP contribution is 2.28. The first-order chi connectivity index (χ1) is 12.7. The lowest BCUT2D eigenvalue weighted by atomic mass is 10.2. The molecule has 26 heavy (non-hydrogen) atoms. The molecule has 0 aliphatic rings. The van der Waals surface area contributed by atoms with Crippen LogP contribution in [0.3, 0.4) is 0 Å². The van der Waals surface area contributed by atoms with Crippen molar-refractivity contribution >= 4 is 17.1 Å². The minimum absolute atomic E-state index is 0.359. The summed E-state index contributed by atoms with van der Waals surface area (Å²) in [5.41, 5.74) is 2.49. The minimum Gasteiger partial charge on any atom is -0.496 e. The number of rotatable bonds is 4. The summed E-state index contributed by atoms with van der Waals surface area (Å²) in [4.78, 5) is 16.9. The van der Waals surface area contributed by atoms with Gasteiger partial charge >= 0.3 is 5.97 Å². The topological polar surface area (TPSA) is 61.6 Å². The van der Waals surface area contributed by atoms with Crippen molar-refractivity contribution in [2.24, 2.45) is 0 Å². The summed E-state index contributed by atoms with van der Waals surface area (Å²) in [6.45, 7) is 0. The van der Waals surface area contributed by atoms with Gasteiger partial charge in [0.05, 0.1) is 7.11 Å². The van der Waals surface area contributed by atoms with Crippen molar-refractivity contribution < 1.29 is 18.7 Å². The summed E-state index contributed by atoms with van der Waals surface area (Å²) in [5, 5.41) is 0. The van der Waals surface area contributed by atoms with Crippen molar-refractivity contribution in [1.82, 2.24) is 4.98 Å². The Kier molecular flexibility index (Phi) is 4.11. The number of para-hydroxylation sites is 1. The van der Waals surface area contributed by atoms with E-state index in [1.165, 1.54) is 7.11 Å². The molecule has 1 heterocycles. The maximum Gasteiger partial charge on any atom is 0.347 e. The van der Waals surface area contributed by atoms with E-state index in [2.05, 4.69) is 4.98 Å². The Morgan fingerprint density at radius 2 is 1.73 bits per heavy atom. The maximum absolute atomic E-state index is 12.4. The number of esters is 1. The molecule has 5 heteroatoms. The first kappa shape index (κ1) is 15.9. The summed E-state index contributed by atoms with van der Waals surface area (Å²) < 4.78 is 16.5. The van der Waals surface area contributed by atoms with E-state index in [0.29, 0.717) is 34.1 Å². The van der Waals surface area contributed by atoms with Gasteiger partial charge in [-0.25, -0.2) is 9.78 Å². The Balaban J connectivity index is 1.62. The number of hydrogen-bond donors (Lipinski definition) is 0. The van der Waals surface area contributed by atoms with Gasteiger partial charge < -0.3 is 13.9 Å². The van der Waals surface area contributed by atoms with E-state index >= 15 is 0 Å². The van der Waals surface area contributed by atoms with Gasteiger partial charge in [-0.3, -0.25) is 0 Å². The number of aromatic nitrogens is 1. The van der Waals surface area contributed by atoms with Gasteiger partial charge in [0.1, 0.15) is 22.6 Å². The molecule has 5 nitrogen and oxygen atoms in total. The summed E-state index contributed by atoms with van der Waals surface area (Å²) in [6.07, 6.45) is 0. The number of fused-ring (bicyclic) bond motifs is 1. The fourth-order valence-electron chi connectivity index (χ4n) is 2.65. The zero-order valence-electron chi connectivity index (χ0n) is 14.0. The molecule has 0 aliphatic heterocycles. The molecule has 1 aromatic heterocycles. The number of nitrogens with zero attached hydrogens (tertiary/aromatic N) is 1. The molecule has 0 bridgehead atoms. The first-order valence-corrected chi connectivity index (χ1v) is 8.06. The minimum atomic E-state index is -0.496. The molecule has 4 aromatic rings. The van der Waals surface area contributed by atoms with Gasteiger partial charge in [-0.2, -0.15) is 0 Å². The predicted molar refractivity (Wildman–Crippen MR) is 97.4 cm³/mol. The van der Waals surface area contributed by atoms with Crippen LogP contribution in [-0.2, 0) is 0 Å². The zero-order chi connectivity index (χ0) is 17.9. The van der Waals surface area contributed by atoms with Gasteiger partial charge in [-0.1, -0.05) is 30.3 Å². The number of methoxy groups -OCH3 is 1. The Hall–Kier alpha value is -3.60. The van der Waals surface area contributed by atoms with E-state index in [-0.39, 0.29) is 0 Å². The van der Waals surface area contributed by atoms with E-state index in [9.17, 15) is 4.79 Å². The molecule has 0 N–H and O–H groups in total. The number of benzene rings is 3. The van der Waals surface area contributed by atoms with Gasteiger partial charge in [0.2, 0.25) is 5.89 Å². The smallest absolute Gasteiger partial charge is 0.347 e. The average molecular weight is 345 g/mol. The molecular formula is C21H15NO4. The molecule has 0 unspecified atom stereocenters.